The summed E-state index contributed by atoms with van der Waals surface area (Å²) < 4.78 is 39.3. The molecule has 0 saturated carbocycles. The van der Waals surface area contributed by atoms with Crippen LogP contribution < -0.4 is 11.1 Å². The van der Waals surface area contributed by atoms with Crippen LogP contribution in [0.3, 0.4) is 0 Å². The molecule has 1 aromatic heterocycles. The number of hydrogen-bond acceptors (Lipinski definition) is 5. The van der Waals surface area contributed by atoms with Gasteiger partial charge in [-0.15, -0.1) is 0 Å². The summed E-state index contributed by atoms with van der Waals surface area (Å²) in [7, 11) is 0. The third kappa shape index (κ3) is 3.59. The van der Waals surface area contributed by atoms with Crippen molar-refractivity contribution in [2.45, 2.75) is 26.1 Å². The lowest BCUT2D eigenvalue weighted by Crippen LogP contribution is -2.13. The van der Waals surface area contributed by atoms with Crippen LogP contribution in [-0.2, 0) is 0 Å². The molecule has 0 radical (unpaired) electrons. The van der Waals surface area contributed by atoms with Gasteiger partial charge in [0.15, 0.2) is 23.6 Å². The van der Waals surface area contributed by atoms with Crippen molar-refractivity contribution in [3.05, 3.63) is 41.2 Å². The average molecular weight is 297 g/mol. The van der Waals surface area contributed by atoms with Gasteiger partial charge in [0.05, 0.1) is 6.04 Å². The molecule has 0 spiro atoms. The quantitative estimate of drug-likeness (QED) is 0.907. The Morgan fingerprint density at radius 1 is 1.10 bits per heavy atom. The fourth-order valence-corrected chi connectivity index (χ4v) is 1.71. The van der Waals surface area contributed by atoms with Crippen LogP contribution in [0.2, 0.25) is 0 Å². The van der Waals surface area contributed by atoms with Gasteiger partial charge >= 0.3 is 0 Å². The zero-order chi connectivity index (χ0) is 15.6. The van der Waals surface area contributed by atoms with Crippen LogP contribution in [0.25, 0.3) is 0 Å². The summed E-state index contributed by atoms with van der Waals surface area (Å²) in [5.74, 6) is -2.02. The van der Waals surface area contributed by atoms with Crippen molar-refractivity contribution in [3.8, 4) is 0 Å². The second kappa shape index (κ2) is 5.94. The summed E-state index contributed by atoms with van der Waals surface area (Å²) in [5.41, 5.74) is 5.97. The van der Waals surface area contributed by atoms with E-state index >= 15 is 0 Å². The molecular formula is C13H14F3N5. The Morgan fingerprint density at radius 2 is 1.81 bits per heavy atom. The number of nitrogens with two attached hydrogens (primary N) is 1. The van der Waals surface area contributed by atoms with E-state index in [2.05, 4.69) is 20.3 Å². The molecule has 2 unspecified atom stereocenters. The number of alkyl halides is 1. The maximum absolute atomic E-state index is 13.2. The summed E-state index contributed by atoms with van der Waals surface area (Å²) in [6.07, 6.45) is -1.39. The van der Waals surface area contributed by atoms with E-state index in [-0.39, 0.29) is 17.7 Å². The van der Waals surface area contributed by atoms with Gasteiger partial charge in [0.25, 0.3) is 0 Å². The van der Waals surface area contributed by atoms with Gasteiger partial charge in [-0.1, -0.05) is 6.07 Å². The van der Waals surface area contributed by atoms with Gasteiger partial charge in [0.2, 0.25) is 11.9 Å². The highest BCUT2D eigenvalue weighted by Gasteiger charge is 2.14. The minimum absolute atomic E-state index is 0.0687. The minimum Gasteiger partial charge on any atom is -0.368 e. The number of nitrogens with one attached hydrogen (secondary N) is 1. The van der Waals surface area contributed by atoms with E-state index in [4.69, 9.17) is 5.73 Å². The third-order valence-electron chi connectivity index (χ3n) is 2.82. The molecule has 0 saturated heterocycles. The molecule has 0 amide bonds. The van der Waals surface area contributed by atoms with E-state index in [0.717, 1.165) is 12.1 Å². The predicted molar refractivity (Wildman–Crippen MR) is 72.2 cm³/mol. The standard InChI is InChI=1S/C13H14F3N5/c1-6(14)11-19-12(17)21-13(20-11)18-7(2)8-3-4-9(15)10(16)5-8/h3-7H,1-2H3,(H3,17,18,19,20,21). The number of rotatable bonds is 4. The smallest absolute Gasteiger partial charge is 0.228 e. The molecule has 0 aliphatic rings. The van der Waals surface area contributed by atoms with E-state index in [1.807, 2.05) is 0 Å². The molecule has 0 bridgehead atoms. The van der Waals surface area contributed by atoms with Crippen molar-refractivity contribution in [1.82, 2.24) is 15.0 Å². The van der Waals surface area contributed by atoms with Crippen molar-refractivity contribution in [1.29, 1.82) is 0 Å². The highest BCUT2D eigenvalue weighted by Crippen LogP contribution is 2.20. The van der Waals surface area contributed by atoms with Crippen LogP contribution in [0, 0.1) is 11.6 Å². The Hall–Kier alpha value is -2.38. The van der Waals surface area contributed by atoms with Gasteiger partial charge in [-0.3, -0.25) is 0 Å². The zero-order valence-electron chi connectivity index (χ0n) is 11.4. The van der Waals surface area contributed by atoms with E-state index < -0.39 is 23.8 Å². The first-order valence-corrected chi connectivity index (χ1v) is 6.24. The maximum atomic E-state index is 13.2. The second-order valence-electron chi connectivity index (χ2n) is 4.53. The molecule has 2 aromatic rings. The third-order valence-corrected chi connectivity index (χ3v) is 2.82. The Bertz CT molecular complexity index is 648. The zero-order valence-corrected chi connectivity index (χ0v) is 11.4. The van der Waals surface area contributed by atoms with E-state index in [0.29, 0.717) is 5.56 Å². The van der Waals surface area contributed by atoms with Gasteiger partial charge in [-0.2, -0.15) is 15.0 Å². The summed E-state index contributed by atoms with van der Waals surface area (Å²) in [6, 6.07) is 3.10. The Kier molecular flexibility index (Phi) is 4.25. The van der Waals surface area contributed by atoms with Crippen LogP contribution in [0.5, 0.6) is 0 Å². The van der Waals surface area contributed by atoms with Crippen molar-refractivity contribution >= 4 is 11.9 Å². The van der Waals surface area contributed by atoms with E-state index in [9.17, 15) is 13.2 Å². The molecule has 1 heterocycles. The second-order valence-corrected chi connectivity index (χ2v) is 4.53. The maximum Gasteiger partial charge on any atom is 0.228 e. The van der Waals surface area contributed by atoms with Crippen molar-refractivity contribution in [3.63, 3.8) is 0 Å². The van der Waals surface area contributed by atoms with Crippen LogP contribution in [0.1, 0.15) is 37.4 Å². The highest BCUT2D eigenvalue weighted by atomic mass is 19.2. The molecule has 0 aliphatic carbocycles. The molecule has 2 atom stereocenters. The van der Waals surface area contributed by atoms with Gasteiger partial charge < -0.3 is 11.1 Å². The van der Waals surface area contributed by atoms with E-state index in [1.54, 1.807) is 6.92 Å². The number of aromatic nitrogens is 3. The molecule has 112 valence electrons. The minimum atomic E-state index is -1.39. The number of nitrogen functional groups attached to an aromatic ring is 1. The fourth-order valence-electron chi connectivity index (χ4n) is 1.71. The van der Waals surface area contributed by atoms with Crippen LogP contribution in [0.4, 0.5) is 25.1 Å². The monoisotopic (exact) mass is 297 g/mol. The Morgan fingerprint density at radius 3 is 2.43 bits per heavy atom. The van der Waals surface area contributed by atoms with Crippen molar-refractivity contribution in [2.75, 3.05) is 11.1 Å². The summed E-state index contributed by atoms with van der Waals surface area (Å²) in [5, 5.41) is 2.84. The predicted octanol–water partition coefficient (Wildman–Crippen LogP) is 2.94. The summed E-state index contributed by atoms with van der Waals surface area (Å²) in [6.45, 7) is 2.97. The molecule has 0 fully saturated rings. The first-order chi connectivity index (χ1) is 9.86. The van der Waals surface area contributed by atoms with Crippen LogP contribution in [-0.4, -0.2) is 15.0 Å². The summed E-state index contributed by atoms with van der Waals surface area (Å²) in [4.78, 5) is 11.4. The average Bonchev–Trinajstić information content (AvgIpc) is 2.41. The molecule has 0 aliphatic heterocycles. The van der Waals surface area contributed by atoms with Gasteiger partial charge in [0, 0.05) is 0 Å². The van der Waals surface area contributed by atoms with Gasteiger partial charge in [0.1, 0.15) is 0 Å². The molecule has 3 N–H and O–H groups in total. The molecule has 21 heavy (non-hydrogen) atoms. The topological polar surface area (TPSA) is 76.7 Å². The van der Waals surface area contributed by atoms with Crippen molar-refractivity contribution in [2.24, 2.45) is 0 Å². The highest BCUT2D eigenvalue weighted by molar-refractivity contribution is 5.35. The number of hydrogen-bond donors (Lipinski definition) is 2. The first-order valence-electron chi connectivity index (χ1n) is 6.24. The van der Waals surface area contributed by atoms with Gasteiger partial charge in [-0.25, -0.2) is 13.2 Å². The molecule has 5 nitrogen and oxygen atoms in total. The largest absolute Gasteiger partial charge is 0.368 e. The lowest BCUT2D eigenvalue weighted by molar-refractivity contribution is 0.356. The Labute approximate surface area is 119 Å². The molecular weight excluding hydrogens is 283 g/mol. The lowest BCUT2D eigenvalue weighted by atomic mass is 10.1. The number of anilines is 2. The van der Waals surface area contributed by atoms with Crippen LogP contribution >= 0.6 is 0 Å². The molecule has 1 aromatic carbocycles. The van der Waals surface area contributed by atoms with Crippen molar-refractivity contribution < 1.29 is 13.2 Å². The number of benzene rings is 1. The number of nitrogens with zero attached hydrogens (tertiary/aromatic N) is 3. The number of halogens is 3. The fraction of sp³-hybridized carbons (Fsp3) is 0.308. The molecule has 8 heteroatoms. The SMILES string of the molecule is CC(F)c1nc(N)nc(NC(C)c2ccc(F)c(F)c2)n1. The Balaban J connectivity index is 2.22. The van der Waals surface area contributed by atoms with Crippen LogP contribution in [0.15, 0.2) is 18.2 Å². The van der Waals surface area contributed by atoms with Gasteiger partial charge in [-0.05, 0) is 31.5 Å². The normalized spacial score (nSPS) is 13.8. The lowest BCUT2D eigenvalue weighted by Gasteiger charge is -2.15. The van der Waals surface area contributed by atoms with E-state index in [1.165, 1.54) is 13.0 Å². The summed E-state index contributed by atoms with van der Waals surface area (Å²) >= 11 is 0. The molecule has 2 rings (SSSR count). The first kappa shape index (κ1) is 15.0.